The quantitative estimate of drug-likeness (QED) is 0.116. The topological polar surface area (TPSA) is 211 Å². The smallest absolute Gasteiger partial charge is 0.356 e. The first-order chi connectivity index (χ1) is 21.3. The number of hydrogen-bond acceptors (Lipinski definition) is 11. The van der Waals surface area contributed by atoms with Gasteiger partial charge in [-0.05, 0) is 48.7 Å². The van der Waals surface area contributed by atoms with Gasteiger partial charge in [-0.3, -0.25) is 19.7 Å². The Labute approximate surface area is 263 Å². The van der Waals surface area contributed by atoms with Gasteiger partial charge in [-0.2, -0.15) is 0 Å². The minimum absolute atomic E-state index is 0.0221. The zero-order valence-electron chi connectivity index (χ0n) is 24.4. The van der Waals surface area contributed by atoms with E-state index in [0.29, 0.717) is 29.0 Å². The van der Waals surface area contributed by atoms with E-state index in [1.807, 2.05) is 6.92 Å². The van der Waals surface area contributed by atoms with Gasteiger partial charge in [0.2, 0.25) is 21.8 Å². The zero-order valence-corrected chi connectivity index (χ0v) is 26.0. The largest absolute Gasteiger partial charge is 0.456 e. The Kier molecular flexibility index (Phi) is 9.32. The molecule has 3 heterocycles. The molecule has 5 N–H and O–H groups in total. The summed E-state index contributed by atoms with van der Waals surface area (Å²) in [6.07, 6.45) is -0.458. The molecular weight excluding hydrogens is 626 g/mol. The van der Waals surface area contributed by atoms with Crippen LogP contribution in [0.1, 0.15) is 31.4 Å². The number of sulfonamides is 1. The Morgan fingerprint density at radius 3 is 2.44 bits per heavy atom. The number of aliphatic hydroxyl groups is 1. The number of aliphatic hydroxyl groups excluding tert-OH is 1. The molecule has 2 fully saturated rings. The fourth-order valence-electron chi connectivity index (χ4n) is 5.88. The summed E-state index contributed by atoms with van der Waals surface area (Å²) in [7, 11) is -3.81. The minimum Gasteiger partial charge on any atom is -0.456 e. The summed E-state index contributed by atoms with van der Waals surface area (Å²) in [4.78, 5) is 51.8. The van der Waals surface area contributed by atoms with E-state index in [0.717, 1.165) is 0 Å². The molecule has 0 aliphatic carbocycles. The van der Waals surface area contributed by atoms with E-state index < -0.39 is 45.0 Å². The van der Waals surface area contributed by atoms with Crippen LogP contribution >= 0.6 is 11.8 Å². The van der Waals surface area contributed by atoms with E-state index in [4.69, 9.17) is 9.88 Å². The van der Waals surface area contributed by atoms with Crippen molar-refractivity contribution in [3.63, 3.8) is 0 Å². The number of nitro groups is 1. The molecule has 14 nitrogen and oxygen atoms in total. The van der Waals surface area contributed by atoms with Crippen molar-refractivity contribution in [2.24, 2.45) is 17.0 Å². The third kappa shape index (κ3) is 6.74. The first-order valence-corrected chi connectivity index (χ1v) is 16.6. The number of hydrogen-bond donors (Lipinski definition) is 4. The van der Waals surface area contributed by atoms with Crippen molar-refractivity contribution in [3.8, 4) is 0 Å². The lowest BCUT2D eigenvalue weighted by molar-refractivity contribution is -0.384. The van der Waals surface area contributed by atoms with Gasteiger partial charge in [0.05, 0.1) is 33.9 Å². The lowest BCUT2D eigenvalue weighted by atomic mass is 9.79. The van der Waals surface area contributed by atoms with Gasteiger partial charge >= 0.3 is 5.97 Å². The standard InChI is InChI=1S/C29H33N5O9S2/c1-15-24-23(16(2)35)28(37)33(24)25(29(38)43-14-18-3-7-19(8-4-18)34(39)40)26(15)44-20-11-22(31-13-20)27(36)32-12-17-5-9-21(10-6-17)45(30,41)42/h3-10,15-16,20,22-24,31,35H,11-14H2,1-2H3,(H,32,36)(H2,30,41,42)/t15-,16-,20+,22?,23-,24-/m1/s1. The number of non-ortho nitro benzene ring substituents is 1. The predicted molar refractivity (Wildman–Crippen MR) is 162 cm³/mol. The highest BCUT2D eigenvalue weighted by Gasteiger charge is 2.60. The third-order valence-electron chi connectivity index (χ3n) is 8.24. The first-order valence-electron chi connectivity index (χ1n) is 14.2. The number of carbonyl (C=O) groups is 3. The Morgan fingerprint density at radius 2 is 1.84 bits per heavy atom. The molecule has 3 aliphatic rings. The van der Waals surface area contributed by atoms with Gasteiger partial charge in [-0.25, -0.2) is 18.4 Å². The number of fused-ring (bicyclic) bond motifs is 1. The van der Waals surface area contributed by atoms with Crippen molar-refractivity contribution >= 4 is 45.3 Å². The van der Waals surface area contributed by atoms with Crippen LogP contribution in [0.15, 0.2) is 64.0 Å². The lowest BCUT2D eigenvalue weighted by Crippen LogP contribution is -2.63. The van der Waals surface area contributed by atoms with Crippen LogP contribution in [-0.2, 0) is 42.3 Å². The van der Waals surface area contributed by atoms with Gasteiger partial charge in [-0.1, -0.05) is 19.1 Å². The summed E-state index contributed by atoms with van der Waals surface area (Å²) < 4.78 is 28.5. The molecule has 0 bridgehead atoms. The van der Waals surface area contributed by atoms with Crippen LogP contribution in [0.3, 0.4) is 0 Å². The van der Waals surface area contributed by atoms with Crippen molar-refractivity contribution < 1.29 is 37.6 Å². The second-order valence-electron chi connectivity index (χ2n) is 11.3. The maximum absolute atomic E-state index is 13.4. The lowest BCUT2D eigenvalue weighted by Gasteiger charge is -2.46. The number of nitrogens with zero attached hydrogens (tertiary/aromatic N) is 2. The van der Waals surface area contributed by atoms with E-state index in [2.05, 4.69) is 10.6 Å². The Hall–Kier alpha value is -3.83. The van der Waals surface area contributed by atoms with Crippen molar-refractivity contribution in [1.82, 2.24) is 15.5 Å². The van der Waals surface area contributed by atoms with Crippen molar-refractivity contribution in [2.45, 2.75) is 61.8 Å². The Bertz CT molecular complexity index is 1640. The van der Waals surface area contributed by atoms with Crippen LogP contribution in [0, 0.1) is 22.0 Å². The third-order valence-corrected chi connectivity index (χ3v) is 10.7. The molecule has 0 saturated carbocycles. The van der Waals surface area contributed by atoms with Gasteiger partial charge in [-0.15, -0.1) is 11.8 Å². The summed E-state index contributed by atoms with van der Waals surface area (Å²) in [6.45, 7) is 3.93. The molecular formula is C29H33N5O9S2. The van der Waals surface area contributed by atoms with E-state index in [9.17, 15) is 38.0 Å². The summed E-state index contributed by atoms with van der Waals surface area (Å²) in [5.41, 5.74) is 1.27. The molecule has 3 aliphatic heterocycles. The van der Waals surface area contributed by atoms with Crippen LogP contribution in [0.2, 0.25) is 0 Å². The molecule has 2 amide bonds. The van der Waals surface area contributed by atoms with Crippen LogP contribution < -0.4 is 15.8 Å². The highest BCUT2D eigenvalue weighted by molar-refractivity contribution is 8.03. The van der Waals surface area contributed by atoms with Crippen molar-refractivity contribution in [3.05, 3.63) is 80.4 Å². The second kappa shape index (κ2) is 12.9. The molecule has 2 aromatic carbocycles. The molecule has 0 aromatic heterocycles. The molecule has 45 heavy (non-hydrogen) atoms. The van der Waals surface area contributed by atoms with Crippen LogP contribution in [0.4, 0.5) is 5.69 Å². The minimum atomic E-state index is -3.81. The average molecular weight is 660 g/mol. The summed E-state index contributed by atoms with van der Waals surface area (Å²) in [6, 6.07) is 10.6. The fourth-order valence-corrected chi connectivity index (χ4v) is 7.87. The number of nitro benzene ring substituents is 1. The molecule has 2 aromatic rings. The van der Waals surface area contributed by atoms with Gasteiger partial charge in [0.1, 0.15) is 12.3 Å². The van der Waals surface area contributed by atoms with Gasteiger partial charge < -0.3 is 25.4 Å². The number of amides is 2. The van der Waals surface area contributed by atoms with Gasteiger partial charge in [0, 0.05) is 41.3 Å². The molecule has 6 atom stereocenters. The number of nitrogens with one attached hydrogen (secondary N) is 2. The van der Waals surface area contributed by atoms with Crippen molar-refractivity contribution in [2.75, 3.05) is 6.54 Å². The maximum Gasteiger partial charge on any atom is 0.356 e. The first kappa shape index (κ1) is 32.6. The summed E-state index contributed by atoms with van der Waals surface area (Å²) >= 11 is 1.41. The number of β-lactam (4-membered cyclic amide) rings is 1. The fraction of sp³-hybridized carbons (Fsp3) is 0.414. The molecule has 0 radical (unpaired) electrons. The molecule has 5 rings (SSSR count). The van der Waals surface area contributed by atoms with Gasteiger partial charge in [0.25, 0.3) is 5.69 Å². The highest BCUT2D eigenvalue weighted by Crippen LogP contribution is 2.52. The molecule has 1 unspecified atom stereocenters. The molecule has 2 saturated heterocycles. The zero-order chi connectivity index (χ0) is 32.6. The average Bonchev–Trinajstić information content (AvgIpc) is 3.55. The summed E-state index contributed by atoms with van der Waals surface area (Å²) in [5.74, 6) is -2.23. The maximum atomic E-state index is 13.4. The van der Waals surface area contributed by atoms with E-state index in [-0.39, 0.29) is 52.4 Å². The van der Waals surface area contributed by atoms with E-state index >= 15 is 0 Å². The number of esters is 1. The summed E-state index contributed by atoms with van der Waals surface area (Å²) in [5, 5.41) is 32.3. The molecule has 16 heteroatoms. The monoisotopic (exact) mass is 659 g/mol. The highest BCUT2D eigenvalue weighted by atomic mass is 32.2. The number of rotatable bonds is 11. The SMILES string of the molecule is C[C@@H](O)[C@H]1C(=O)N2C(C(=O)OCc3ccc([N+](=O)[O-])cc3)=C(S[C@@H]3CNC(C(=O)NCc4ccc(S(N)(=O)=O)cc4)C3)[C@H](C)[C@H]12. The molecule has 240 valence electrons. The normalized spacial score (nSPS) is 25.0. The number of nitrogens with two attached hydrogens (primary N) is 1. The molecule has 0 spiro atoms. The van der Waals surface area contributed by atoms with Crippen LogP contribution in [0.5, 0.6) is 0 Å². The Balaban J connectivity index is 1.25. The number of primary sulfonamides is 1. The van der Waals surface area contributed by atoms with Crippen LogP contribution in [0.25, 0.3) is 0 Å². The van der Waals surface area contributed by atoms with Crippen molar-refractivity contribution in [1.29, 1.82) is 0 Å². The number of benzene rings is 2. The van der Waals surface area contributed by atoms with Gasteiger partial charge in [0.15, 0.2) is 0 Å². The van der Waals surface area contributed by atoms with E-state index in [1.54, 1.807) is 19.1 Å². The predicted octanol–water partition coefficient (Wildman–Crippen LogP) is 1.13. The number of ether oxygens (including phenoxy) is 1. The van der Waals surface area contributed by atoms with Crippen LogP contribution in [-0.4, -0.2) is 71.1 Å². The Morgan fingerprint density at radius 1 is 1.20 bits per heavy atom. The number of carbonyl (C=O) groups excluding carboxylic acids is 3. The second-order valence-corrected chi connectivity index (χ2v) is 14.2. The van der Waals surface area contributed by atoms with E-state index in [1.165, 1.54) is 53.1 Å². The number of thioether (sulfide) groups is 1.